The van der Waals surface area contributed by atoms with Crippen molar-refractivity contribution in [3.05, 3.63) is 57.0 Å². The van der Waals surface area contributed by atoms with Crippen LogP contribution in [-0.2, 0) is 11.3 Å². The molecule has 0 radical (unpaired) electrons. The normalized spacial score (nSPS) is 11.0. The highest BCUT2D eigenvalue weighted by Gasteiger charge is 2.13. The number of aromatic nitrogens is 3. The number of benzene rings is 1. The van der Waals surface area contributed by atoms with Crippen molar-refractivity contribution >= 4 is 22.3 Å². The molecule has 2 aromatic heterocycles. The van der Waals surface area contributed by atoms with Crippen LogP contribution < -0.4 is 10.3 Å². The molecule has 10 heteroatoms. The van der Waals surface area contributed by atoms with E-state index in [9.17, 15) is 18.4 Å². The predicted octanol–water partition coefficient (Wildman–Crippen LogP) is 2.42. The van der Waals surface area contributed by atoms with Crippen LogP contribution in [0.3, 0.4) is 0 Å². The Hall–Kier alpha value is -2.88. The van der Waals surface area contributed by atoms with Gasteiger partial charge in [0.2, 0.25) is 4.96 Å². The Bertz CT molecular complexity index is 986. The molecular formula is C15H11F2N3O4S. The van der Waals surface area contributed by atoms with Crippen molar-refractivity contribution < 1.29 is 23.0 Å². The van der Waals surface area contributed by atoms with Gasteiger partial charge in [0.05, 0.1) is 5.56 Å². The first-order valence-electron chi connectivity index (χ1n) is 7.01. The van der Waals surface area contributed by atoms with Crippen LogP contribution in [-0.4, -0.2) is 27.2 Å². The lowest BCUT2D eigenvalue weighted by molar-refractivity contribution is -0.0499. The standard InChI is InChI=1S/C15H11F2N3O4S/c1-8-5-12(21)20-15(18-8)25-11(19-20)7-23-13(22)9-3-2-4-10(6-9)24-14(16)17/h2-6,14H,7H2,1H3. The fourth-order valence-electron chi connectivity index (χ4n) is 2.03. The topological polar surface area (TPSA) is 82.8 Å². The number of nitrogens with zero attached hydrogens (tertiary/aromatic N) is 3. The van der Waals surface area contributed by atoms with Gasteiger partial charge in [0.25, 0.3) is 5.56 Å². The maximum atomic E-state index is 12.2. The minimum absolute atomic E-state index is 0.0606. The Morgan fingerprint density at radius 2 is 2.16 bits per heavy atom. The fourth-order valence-corrected chi connectivity index (χ4v) is 2.89. The van der Waals surface area contributed by atoms with Gasteiger partial charge in [-0.15, -0.1) is 0 Å². The average Bonchev–Trinajstić information content (AvgIpc) is 2.95. The largest absolute Gasteiger partial charge is 0.455 e. The lowest BCUT2D eigenvalue weighted by Gasteiger charge is -2.06. The van der Waals surface area contributed by atoms with Crippen molar-refractivity contribution in [2.45, 2.75) is 20.1 Å². The molecule has 0 spiro atoms. The zero-order chi connectivity index (χ0) is 18.0. The van der Waals surface area contributed by atoms with Crippen LogP contribution in [0.1, 0.15) is 21.1 Å². The number of esters is 1. The van der Waals surface area contributed by atoms with Gasteiger partial charge in [-0.05, 0) is 25.1 Å². The molecule has 130 valence electrons. The molecule has 0 saturated carbocycles. The molecule has 0 aliphatic heterocycles. The lowest BCUT2D eigenvalue weighted by Crippen LogP contribution is -2.14. The second-order valence-corrected chi connectivity index (χ2v) is 5.95. The first kappa shape index (κ1) is 17.0. The number of carbonyl (C=O) groups excluding carboxylic acids is 1. The molecule has 3 aromatic rings. The second kappa shape index (κ2) is 6.93. The lowest BCUT2D eigenvalue weighted by atomic mass is 10.2. The molecule has 3 rings (SSSR count). The molecule has 25 heavy (non-hydrogen) atoms. The van der Waals surface area contributed by atoms with Crippen molar-refractivity contribution in [2.24, 2.45) is 0 Å². The van der Waals surface area contributed by atoms with Crippen molar-refractivity contribution in [1.82, 2.24) is 14.6 Å². The third-order valence-corrected chi connectivity index (χ3v) is 3.92. The predicted molar refractivity (Wildman–Crippen MR) is 84.1 cm³/mol. The van der Waals surface area contributed by atoms with E-state index in [2.05, 4.69) is 14.8 Å². The SMILES string of the molecule is Cc1cc(=O)n2nc(COC(=O)c3cccc(OC(F)F)c3)sc2n1. The van der Waals surface area contributed by atoms with Crippen LogP contribution in [0.5, 0.6) is 5.75 Å². The quantitative estimate of drug-likeness (QED) is 0.644. The summed E-state index contributed by atoms with van der Waals surface area (Å²) in [5.41, 5.74) is 0.298. The van der Waals surface area contributed by atoms with Gasteiger partial charge < -0.3 is 9.47 Å². The van der Waals surface area contributed by atoms with Gasteiger partial charge in [0, 0.05) is 11.8 Å². The summed E-state index contributed by atoms with van der Waals surface area (Å²) in [6.07, 6.45) is 0. The number of hydrogen-bond acceptors (Lipinski definition) is 7. The van der Waals surface area contributed by atoms with Crippen LogP contribution in [0, 0.1) is 6.92 Å². The molecule has 0 aliphatic rings. The van der Waals surface area contributed by atoms with Crippen molar-refractivity contribution in [2.75, 3.05) is 0 Å². The minimum Gasteiger partial charge on any atom is -0.455 e. The van der Waals surface area contributed by atoms with E-state index in [0.29, 0.717) is 15.7 Å². The number of ether oxygens (including phenoxy) is 2. The smallest absolute Gasteiger partial charge is 0.387 e. The highest BCUT2D eigenvalue weighted by Crippen LogP contribution is 2.18. The van der Waals surface area contributed by atoms with Crippen molar-refractivity contribution in [3.63, 3.8) is 0 Å². The summed E-state index contributed by atoms with van der Waals surface area (Å²) in [6, 6.07) is 6.61. The fraction of sp³-hybridized carbons (Fsp3) is 0.200. The maximum absolute atomic E-state index is 12.2. The van der Waals surface area contributed by atoms with Gasteiger partial charge in [0.1, 0.15) is 12.4 Å². The first-order valence-corrected chi connectivity index (χ1v) is 7.82. The summed E-state index contributed by atoms with van der Waals surface area (Å²) in [5, 5.41) is 4.41. The van der Waals surface area contributed by atoms with E-state index in [1.165, 1.54) is 24.3 Å². The Morgan fingerprint density at radius 1 is 1.36 bits per heavy atom. The zero-order valence-electron chi connectivity index (χ0n) is 12.8. The molecule has 0 saturated heterocycles. The van der Waals surface area contributed by atoms with Gasteiger partial charge in [0.15, 0.2) is 5.01 Å². The highest BCUT2D eigenvalue weighted by molar-refractivity contribution is 7.16. The number of aryl methyl sites for hydroxylation is 1. The number of carbonyl (C=O) groups is 1. The first-order chi connectivity index (χ1) is 11.9. The van der Waals surface area contributed by atoms with E-state index in [-0.39, 0.29) is 23.5 Å². The van der Waals surface area contributed by atoms with Crippen molar-refractivity contribution in [3.8, 4) is 5.75 Å². The summed E-state index contributed by atoms with van der Waals surface area (Å²) < 4.78 is 34.9. The van der Waals surface area contributed by atoms with Crippen LogP contribution in [0.25, 0.3) is 4.96 Å². The van der Waals surface area contributed by atoms with Crippen LogP contribution in [0.4, 0.5) is 8.78 Å². The summed E-state index contributed by atoms with van der Waals surface area (Å²) in [7, 11) is 0. The summed E-state index contributed by atoms with van der Waals surface area (Å²) in [6.45, 7) is -1.47. The van der Waals surface area contributed by atoms with E-state index in [1.807, 2.05) is 0 Å². The maximum Gasteiger partial charge on any atom is 0.387 e. The minimum atomic E-state index is -2.98. The van der Waals surface area contributed by atoms with Crippen LogP contribution in [0.2, 0.25) is 0 Å². The van der Waals surface area contributed by atoms with Crippen LogP contribution >= 0.6 is 11.3 Å². The molecule has 2 heterocycles. The monoisotopic (exact) mass is 367 g/mol. The molecular weight excluding hydrogens is 356 g/mol. The Kier molecular flexibility index (Phi) is 4.70. The zero-order valence-corrected chi connectivity index (χ0v) is 13.6. The van der Waals surface area contributed by atoms with Gasteiger partial charge in [-0.1, -0.05) is 17.4 Å². The molecule has 0 bridgehead atoms. The van der Waals surface area contributed by atoms with Gasteiger partial charge >= 0.3 is 12.6 Å². The molecule has 0 amide bonds. The van der Waals surface area contributed by atoms with E-state index >= 15 is 0 Å². The molecule has 0 unspecified atom stereocenters. The summed E-state index contributed by atoms with van der Waals surface area (Å²) in [4.78, 5) is 28.4. The van der Waals surface area contributed by atoms with Crippen LogP contribution in [0.15, 0.2) is 35.1 Å². The summed E-state index contributed by atoms with van der Waals surface area (Å²) >= 11 is 1.11. The molecule has 1 aromatic carbocycles. The van der Waals surface area contributed by atoms with E-state index in [0.717, 1.165) is 21.9 Å². The Morgan fingerprint density at radius 3 is 2.92 bits per heavy atom. The second-order valence-electron chi connectivity index (χ2n) is 4.91. The molecule has 0 fully saturated rings. The third-order valence-electron chi connectivity index (χ3n) is 3.04. The molecule has 0 aliphatic carbocycles. The number of rotatable bonds is 5. The van der Waals surface area contributed by atoms with E-state index < -0.39 is 12.6 Å². The number of hydrogen-bond donors (Lipinski definition) is 0. The highest BCUT2D eigenvalue weighted by atomic mass is 32.1. The van der Waals surface area contributed by atoms with Gasteiger partial charge in [-0.25, -0.2) is 9.78 Å². The van der Waals surface area contributed by atoms with E-state index in [1.54, 1.807) is 6.92 Å². The molecule has 7 nitrogen and oxygen atoms in total. The third kappa shape index (κ3) is 3.97. The Labute approximate surface area is 143 Å². The summed E-state index contributed by atoms with van der Waals surface area (Å²) in [5.74, 6) is -0.869. The Balaban J connectivity index is 1.72. The molecule has 0 atom stereocenters. The van der Waals surface area contributed by atoms with Gasteiger partial charge in [-0.3, -0.25) is 4.79 Å². The van der Waals surface area contributed by atoms with E-state index in [4.69, 9.17) is 4.74 Å². The number of halogens is 2. The average molecular weight is 367 g/mol. The molecule has 0 N–H and O–H groups in total. The number of fused-ring (bicyclic) bond motifs is 1. The number of alkyl halides is 2. The van der Waals surface area contributed by atoms with Crippen molar-refractivity contribution in [1.29, 1.82) is 0 Å². The van der Waals surface area contributed by atoms with Gasteiger partial charge in [-0.2, -0.15) is 18.4 Å².